The monoisotopic (exact) mass is 858 g/mol. The number of dihydropyridines is 1. The van der Waals surface area contributed by atoms with Crippen molar-refractivity contribution in [2.75, 3.05) is 0 Å². The molecule has 1 aromatic heterocycles. The van der Waals surface area contributed by atoms with Crippen molar-refractivity contribution in [3.63, 3.8) is 0 Å². The lowest BCUT2D eigenvalue weighted by molar-refractivity contribution is 0.780. The largest absolute Gasteiger partial charge is 0.373 e. The van der Waals surface area contributed by atoms with Crippen molar-refractivity contribution < 1.29 is 0 Å². The zero-order valence-corrected chi connectivity index (χ0v) is 36.8. The number of fused-ring (bicyclic) bond motifs is 3. The molecule has 4 heteroatoms. The lowest BCUT2D eigenvalue weighted by Crippen LogP contribution is -2.31. The second-order valence-electron chi connectivity index (χ2n) is 17.2. The first-order valence-electron chi connectivity index (χ1n) is 23.0. The van der Waals surface area contributed by atoms with Crippen LogP contribution in [0.15, 0.2) is 260 Å². The number of nitrogens with zero attached hydrogens (tertiary/aromatic N) is 2. The summed E-state index contributed by atoms with van der Waals surface area (Å²) in [6.45, 7) is 0. The molecular weight excluding hydrogens is 813 g/mol. The number of amidine groups is 1. The van der Waals surface area contributed by atoms with Gasteiger partial charge in [-0.3, -0.25) is 0 Å². The molecule has 2 N–H and O–H groups in total. The molecule has 2 unspecified atom stereocenters. The van der Waals surface area contributed by atoms with Gasteiger partial charge < -0.3 is 15.2 Å². The number of aliphatic imine (C=N–C) groups is 1. The van der Waals surface area contributed by atoms with Gasteiger partial charge in [0.2, 0.25) is 0 Å². The molecule has 2 aliphatic heterocycles. The fourth-order valence-electron chi connectivity index (χ4n) is 10.0. The molecule has 0 fully saturated rings. The molecule has 2 aliphatic rings. The summed E-state index contributed by atoms with van der Waals surface area (Å²) in [4.78, 5) is 5.41. The summed E-state index contributed by atoms with van der Waals surface area (Å²) in [7, 11) is 0. The molecule has 3 heterocycles. The van der Waals surface area contributed by atoms with Crippen LogP contribution in [0, 0.1) is 0 Å². The molecule has 67 heavy (non-hydrogen) atoms. The van der Waals surface area contributed by atoms with Crippen LogP contribution in [0.25, 0.3) is 55.6 Å². The Bertz CT molecular complexity index is 3480. The third kappa shape index (κ3) is 7.45. The van der Waals surface area contributed by atoms with Gasteiger partial charge in [-0.15, -0.1) is 0 Å². The van der Waals surface area contributed by atoms with Crippen LogP contribution < -0.4 is 10.6 Å². The van der Waals surface area contributed by atoms with E-state index < -0.39 is 0 Å². The van der Waals surface area contributed by atoms with Gasteiger partial charge in [-0.1, -0.05) is 218 Å². The van der Waals surface area contributed by atoms with E-state index in [0.29, 0.717) is 0 Å². The predicted molar refractivity (Wildman–Crippen MR) is 279 cm³/mol. The number of rotatable bonds is 9. The fourth-order valence-corrected chi connectivity index (χ4v) is 10.0. The lowest BCUT2D eigenvalue weighted by Gasteiger charge is -2.36. The number of allylic oxidation sites excluding steroid dienone is 2. The highest BCUT2D eigenvalue weighted by Gasteiger charge is 2.33. The smallest absolute Gasteiger partial charge is 0.134 e. The van der Waals surface area contributed by atoms with E-state index in [2.05, 4.69) is 270 Å². The van der Waals surface area contributed by atoms with Gasteiger partial charge >= 0.3 is 0 Å². The highest BCUT2D eigenvalue weighted by molar-refractivity contribution is 6.24. The lowest BCUT2D eigenvalue weighted by atomic mass is 9.77. The molecule has 0 spiro atoms. The predicted octanol–water partition coefficient (Wildman–Crippen LogP) is 14.7. The molecule has 0 saturated heterocycles. The van der Waals surface area contributed by atoms with Crippen molar-refractivity contribution >= 4 is 55.8 Å². The molecule has 0 bridgehead atoms. The second kappa shape index (κ2) is 17.3. The number of para-hydroxylation sites is 2. The molecule has 0 amide bonds. The molecule has 12 rings (SSSR count). The Hall–Kier alpha value is -8.73. The molecule has 0 radical (unpaired) electrons. The minimum atomic E-state index is -0.141. The highest BCUT2D eigenvalue weighted by atomic mass is 15.1. The van der Waals surface area contributed by atoms with Crippen LogP contribution in [0.1, 0.15) is 56.6 Å². The van der Waals surface area contributed by atoms with E-state index in [9.17, 15) is 0 Å². The second-order valence-corrected chi connectivity index (χ2v) is 17.2. The number of hydrogen-bond donors (Lipinski definition) is 2. The van der Waals surface area contributed by atoms with Crippen molar-refractivity contribution in [2.45, 2.75) is 12.1 Å². The van der Waals surface area contributed by atoms with E-state index in [1.165, 1.54) is 38.5 Å². The number of hydrogen-bond acceptors (Lipinski definition) is 3. The number of nitrogens with one attached hydrogen (secondary N) is 2. The fraction of sp³-hybridized carbons (Fsp3) is 0.0317. The minimum Gasteiger partial charge on any atom is -0.373 e. The maximum atomic E-state index is 5.41. The number of benzene rings is 9. The van der Waals surface area contributed by atoms with Crippen LogP contribution in [-0.2, 0) is 0 Å². The van der Waals surface area contributed by atoms with E-state index in [4.69, 9.17) is 4.99 Å². The summed E-state index contributed by atoms with van der Waals surface area (Å²) in [6.07, 6.45) is 2.26. The molecule has 4 nitrogen and oxygen atoms in total. The Morgan fingerprint density at radius 2 is 0.881 bits per heavy atom. The van der Waals surface area contributed by atoms with E-state index in [-0.39, 0.29) is 12.1 Å². The van der Waals surface area contributed by atoms with Crippen molar-refractivity contribution in [1.82, 2.24) is 15.2 Å². The Morgan fingerprint density at radius 1 is 0.373 bits per heavy atom. The summed E-state index contributed by atoms with van der Waals surface area (Å²) in [5, 5.41) is 10.5. The standard InChI is InChI=1S/C63H46N4/c1-6-21-43(22-7-1)54-42-55(44-37-39-51(40-38-44)67-56-35-18-16-33-52(56)53-34-17-19-36-57(53)67)65-63(64-54)50-32-20-31-49(41-50)58-59(45-23-8-2-9-24-45)61(47-27-12-4-13-28-47)66-62(48-29-14-5-15-30-48)60(58)46-25-10-3-11-26-46/h1-42,55,61,66H,(H,64,65). The first-order valence-corrected chi connectivity index (χ1v) is 23.0. The summed E-state index contributed by atoms with van der Waals surface area (Å²) in [5.41, 5.74) is 18.1. The summed E-state index contributed by atoms with van der Waals surface area (Å²) in [5.74, 6) is 0.823. The minimum absolute atomic E-state index is 0.136. The SMILES string of the molecule is C1=C(c2ccccc2)N=C(c2cccc(C3=C(c4ccccc4)C(c4ccccc4)NC(c4ccccc4)=C3c3ccccc3)c2)NC1c1ccc(-n2c3ccccc3c3ccccc32)cc1. The molecule has 10 aromatic rings. The maximum absolute atomic E-state index is 5.41. The van der Waals surface area contributed by atoms with Gasteiger partial charge in [0.05, 0.1) is 34.5 Å². The first kappa shape index (κ1) is 39.8. The van der Waals surface area contributed by atoms with Crippen LogP contribution in [0.2, 0.25) is 0 Å². The topological polar surface area (TPSA) is 41.4 Å². The van der Waals surface area contributed by atoms with Crippen molar-refractivity contribution in [3.05, 3.63) is 299 Å². The average molecular weight is 859 g/mol. The van der Waals surface area contributed by atoms with Gasteiger partial charge in [0, 0.05) is 27.6 Å². The summed E-state index contributed by atoms with van der Waals surface area (Å²) in [6, 6.07) is 88.9. The van der Waals surface area contributed by atoms with Crippen LogP contribution in [0.4, 0.5) is 0 Å². The molecule has 9 aromatic carbocycles. The van der Waals surface area contributed by atoms with Crippen LogP contribution in [-0.4, -0.2) is 10.4 Å². The molecular formula is C63H46N4. The van der Waals surface area contributed by atoms with Gasteiger partial charge in [-0.2, -0.15) is 0 Å². The Balaban J connectivity index is 1.02. The normalized spacial score (nSPS) is 16.1. The van der Waals surface area contributed by atoms with Gasteiger partial charge in [0.25, 0.3) is 0 Å². The van der Waals surface area contributed by atoms with Gasteiger partial charge in [-0.25, -0.2) is 4.99 Å². The molecule has 318 valence electrons. The first-order chi connectivity index (χ1) is 33.2. The quantitative estimate of drug-likeness (QED) is 0.152. The number of aromatic nitrogens is 1. The van der Waals surface area contributed by atoms with Crippen molar-refractivity contribution in [3.8, 4) is 5.69 Å². The van der Waals surface area contributed by atoms with Gasteiger partial charge in [0.15, 0.2) is 0 Å². The van der Waals surface area contributed by atoms with E-state index in [0.717, 1.165) is 67.4 Å². The molecule has 0 saturated carbocycles. The zero-order valence-electron chi connectivity index (χ0n) is 36.8. The van der Waals surface area contributed by atoms with E-state index in [1.54, 1.807) is 0 Å². The highest BCUT2D eigenvalue weighted by Crippen LogP contribution is 2.50. The maximum Gasteiger partial charge on any atom is 0.134 e. The Morgan fingerprint density at radius 3 is 1.51 bits per heavy atom. The third-order valence-corrected chi connectivity index (χ3v) is 13.1. The summed E-state index contributed by atoms with van der Waals surface area (Å²) >= 11 is 0. The Kier molecular flexibility index (Phi) is 10.3. The van der Waals surface area contributed by atoms with Crippen LogP contribution in [0.3, 0.4) is 0 Å². The molecule has 0 aliphatic carbocycles. The average Bonchev–Trinajstić information content (AvgIpc) is 3.76. The third-order valence-electron chi connectivity index (χ3n) is 13.1. The Labute approximate surface area is 391 Å². The van der Waals surface area contributed by atoms with E-state index >= 15 is 0 Å². The zero-order chi connectivity index (χ0) is 44.5. The van der Waals surface area contributed by atoms with E-state index in [1.807, 2.05) is 0 Å². The van der Waals surface area contributed by atoms with Gasteiger partial charge in [-0.05, 0) is 86.5 Å². The van der Waals surface area contributed by atoms with Crippen molar-refractivity contribution in [2.24, 2.45) is 4.99 Å². The van der Waals surface area contributed by atoms with Crippen molar-refractivity contribution in [1.29, 1.82) is 0 Å². The molecule has 2 atom stereocenters. The van der Waals surface area contributed by atoms with Crippen LogP contribution in [0.5, 0.6) is 0 Å². The van der Waals surface area contributed by atoms with Gasteiger partial charge in [0.1, 0.15) is 5.84 Å². The summed E-state index contributed by atoms with van der Waals surface area (Å²) < 4.78 is 2.37. The van der Waals surface area contributed by atoms with Crippen LogP contribution >= 0.6 is 0 Å².